The normalized spacial score (nSPS) is 12.2. The Morgan fingerprint density at radius 1 is 1.56 bits per heavy atom. The molecule has 1 aromatic rings. The summed E-state index contributed by atoms with van der Waals surface area (Å²) in [5, 5.41) is 22.3. The fourth-order valence-corrected chi connectivity index (χ4v) is 1.60. The fraction of sp³-hybridized carbons (Fsp3) is 0.500. The Kier molecular flexibility index (Phi) is 5.51. The molecule has 0 radical (unpaired) electrons. The Morgan fingerprint density at radius 2 is 2.28 bits per heavy atom. The second-order valence-corrected chi connectivity index (χ2v) is 4.25. The largest absolute Gasteiger partial charge is 0.396 e. The maximum absolute atomic E-state index is 13.5. The van der Waals surface area contributed by atoms with Gasteiger partial charge in [0.2, 0.25) is 0 Å². The number of aliphatic hydroxyl groups is 1. The topological polar surface area (TPSA) is 75.4 Å². The Labute approximate surface area is 105 Å². The first-order valence-electron chi connectivity index (χ1n) is 5.84. The lowest BCUT2D eigenvalue weighted by Gasteiger charge is -2.10. The van der Waals surface area contributed by atoms with Crippen LogP contribution in [-0.4, -0.2) is 23.2 Å². The van der Waals surface area contributed by atoms with Gasteiger partial charge in [-0.2, -0.15) is 0 Å². The van der Waals surface area contributed by atoms with E-state index < -0.39 is 10.7 Å². The summed E-state index contributed by atoms with van der Waals surface area (Å²) in [4.78, 5) is 10.1. The van der Waals surface area contributed by atoms with Crippen LogP contribution < -0.4 is 5.32 Å². The lowest BCUT2D eigenvalue weighted by Crippen LogP contribution is -2.09. The van der Waals surface area contributed by atoms with Crippen molar-refractivity contribution in [1.29, 1.82) is 0 Å². The smallest absolute Gasteiger partial charge is 0.295 e. The minimum absolute atomic E-state index is 0.0702. The van der Waals surface area contributed by atoms with Crippen LogP contribution in [0.1, 0.15) is 19.8 Å². The highest BCUT2D eigenvalue weighted by molar-refractivity contribution is 5.62. The van der Waals surface area contributed by atoms with E-state index in [1.807, 2.05) is 6.92 Å². The molecule has 0 heterocycles. The zero-order valence-electron chi connectivity index (χ0n) is 10.2. The molecule has 0 saturated carbocycles. The van der Waals surface area contributed by atoms with Crippen LogP contribution in [0.15, 0.2) is 18.2 Å². The summed E-state index contributed by atoms with van der Waals surface area (Å²) in [7, 11) is 0. The number of nitro benzene ring substituents is 1. The summed E-state index contributed by atoms with van der Waals surface area (Å²) >= 11 is 0. The highest BCUT2D eigenvalue weighted by Crippen LogP contribution is 2.26. The number of hydrogen-bond donors (Lipinski definition) is 2. The predicted molar refractivity (Wildman–Crippen MR) is 67.0 cm³/mol. The molecular formula is C12H17FN2O3. The second-order valence-electron chi connectivity index (χ2n) is 4.25. The number of hydrogen-bond acceptors (Lipinski definition) is 4. The maximum Gasteiger partial charge on any atom is 0.295 e. The third kappa shape index (κ3) is 3.96. The molecule has 5 nitrogen and oxygen atoms in total. The Balaban J connectivity index is 2.59. The third-order valence-corrected chi connectivity index (χ3v) is 2.68. The highest BCUT2D eigenvalue weighted by Gasteiger charge is 2.16. The number of anilines is 1. The first kappa shape index (κ1) is 14.4. The van der Waals surface area contributed by atoms with Gasteiger partial charge >= 0.3 is 0 Å². The molecule has 0 amide bonds. The van der Waals surface area contributed by atoms with Gasteiger partial charge in [-0.05, 0) is 24.8 Å². The maximum atomic E-state index is 13.5. The number of benzene rings is 1. The van der Waals surface area contributed by atoms with Crippen LogP contribution in [0.2, 0.25) is 0 Å². The minimum Gasteiger partial charge on any atom is -0.396 e. The van der Waals surface area contributed by atoms with E-state index in [1.165, 1.54) is 18.2 Å². The predicted octanol–water partition coefficient (Wildman–Crippen LogP) is 2.55. The number of aliphatic hydroxyl groups excluding tert-OH is 1. The SMILES string of the molecule is CC(CO)CCCNc1c(F)cccc1[N+](=O)[O-]. The van der Waals surface area contributed by atoms with Gasteiger partial charge in [0.25, 0.3) is 5.69 Å². The van der Waals surface area contributed by atoms with Crippen molar-refractivity contribution in [3.8, 4) is 0 Å². The van der Waals surface area contributed by atoms with Gasteiger partial charge in [0.05, 0.1) is 4.92 Å². The van der Waals surface area contributed by atoms with Crippen molar-refractivity contribution in [2.45, 2.75) is 19.8 Å². The van der Waals surface area contributed by atoms with Gasteiger partial charge in [0.15, 0.2) is 5.82 Å². The van der Waals surface area contributed by atoms with Crippen molar-refractivity contribution in [2.24, 2.45) is 5.92 Å². The van der Waals surface area contributed by atoms with Crippen LogP contribution in [0.3, 0.4) is 0 Å². The van der Waals surface area contributed by atoms with Gasteiger partial charge in [-0.25, -0.2) is 4.39 Å². The van der Waals surface area contributed by atoms with Crippen LogP contribution in [0.4, 0.5) is 15.8 Å². The van der Waals surface area contributed by atoms with E-state index in [4.69, 9.17) is 5.11 Å². The van der Waals surface area contributed by atoms with Gasteiger partial charge in [-0.1, -0.05) is 13.0 Å². The van der Waals surface area contributed by atoms with Crippen molar-refractivity contribution < 1.29 is 14.4 Å². The molecule has 1 unspecified atom stereocenters. The molecule has 18 heavy (non-hydrogen) atoms. The van der Waals surface area contributed by atoms with Gasteiger partial charge in [-0.3, -0.25) is 10.1 Å². The number of rotatable bonds is 7. The van der Waals surface area contributed by atoms with E-state index in [9.17, 15) is 14.5 Å². The average Bonchev–Trinajstić information content (AvgIpc) is 2.35. The van der Waals surface area contributed by atoms with Crippen LogP contribution >= 0.6 is 0 Å². The zero-order valence-corrected chi connectivity index (χ0v) is 10.2. The van der Waals surface area contributed by atoms with Gasteiger partial charge in [-0.15, -0.1) is 0 Å². The Morgan fingerprint density at radius 3 is 2.89 bits per heavy atom. The molecule has 6 heteroatoms. The number of nitro groups is 1. The van der Waals surface area contributed by atoms with Crippen molar-refractivity contribution in [3.05, 3.63) is 34.1 Å². The molecule has 0 aliphatic heterocycles. The molecule has 1 atom stereocenters. The van der Waals surface area contributed by atoms with Crippen LogP contribution in [-0.2, 0) is 0 Å². The molecule has 1 aromatic carbocycles. The quantitative estimate of drug-likeness (QED) is 0.446. The summed E-state index contributed by atoms with van der Waals surface area (Å²) in [6.07, 6.45) is 1.50. The van der Waals surface area contributed by atoms with Gasteiger partial charge < -0.3 is 10.4 Å². The first-order chi connectivity index (χ1) is 8.56. The van der Waals surface area contributed by atoms with E-state index in [0.717, 1.165) is 6.42 Å². The molecule has 1 rings (SSSR count). The molecule has 0 fully saturated rings. The highest BCUT2D eigenvalue weighted by atomic mass is 19.1. The number of nitrogens with one attached hydrogen (secondary N) is 1. The first-order valence-corrected chi connectivity index (χ1v) is 5.84. The molecule has 0 spiro atoms. The third-order valence-electron chi connectivity index (χ3n) is 2.68. The molecule has 0 aliphatic rings. The summed E-state index contributed by atoms with van der Waals surface area (Å²) in [6.45, 7) is 2.46. The minimum atomic E-state index is -0.626. The van der Waals surface area contributed by atoms with Crippen LogP contribution in [0.25, 0.3) is 0 Å². The zero-order chi connectivity index (χ0) is 13.5. The van der Waals surface area contributed by atoms with E-state index in [2.05, 4.69) is 5.32 Å². The van der Waals surface area contributed by atoms with Crippen LogP contribution in [0.5, 0.6) is 0 Å². The summed E-state index contributed by atoms with van der Waals surface area (Å²) in [6, 6.07) is 3.76. The summed E-state index contributed by atoms with van der Waals surface area (Å²) in [5.74, 6) is -0.443. The number of nitrogens with zero attached hydrogens (tertiary/aromatic N) is 1. The Hall–Kier alpha value is -1.69. The molecule has 0 aromatic heterocycles. The van der Waals surface area contributed by atoms with Crippen molar-refractivity contribution in [2.75, 3.05) is 18.5 Å². The number of para-hydroxylation sites is 1. The monoisotopic (exact) mass is 256 g/mol. The van der Waals surface area contributed by atoms with Gasteiger partial charge in [0.1, 0.15) is 5.69 Å². The lowest BCUT2D eigenvalue weighted by molar-refractivity contribution is -0.384. The van der Waals surface area contributed by atoms with Crippen molar-refractivity contribution in [1.82, 2.24) is 0 Å². The van der Waals surface area contributed by atoms with Gasteiger partial charge in [0, 0.05) is 19.2 Å². The fourth-order valence-electron chi connectivity index (χ4n) is 1.60. The molecule has 2 N–H and O–H groups in total. The second kappa shape index (κ2) is 6.90. The average molecular weight is 256 g/mol. The lowest BCUT2D eigenvalue weighted by atomic mass is 10.1. The van der Waals surface area contributed by atoms with E-state index in [-0.39, 0.29) is 23.9 Å². The van der Waals surface area contributed by atoms with E-state index in [0.29, 0.717) is 13.0 Å². The van der Waals surface area contributed by atoms with E-state index >= 15 is 0 Å². The Bertz CT molecular complexity index is 412. The molecular weight excluding hydrogens is 239 g/mol. The molecule has 100 valence electrons. The molecule has 0 aliphatic carbocycles. The summed E-state index contributed by atoms with van der Waals surface area (Å²) in [5.41, 5.74) is -0.329. The van der Waals surface area contributed by atoms with Crippen molar-refractivity contribution in [3.63, 3.8) is 0 Å². The van der Waals surface area contributed by atoms with E-state index in [1.54, 1.807) is 0 Å². The molecule has 0 saturated heterocycles. The van der Waals surface area contributed by atoms with Crippen molar-refractivity contribution >= 4 is 11.4 Å². The molecule has 0 bridgehead atoms. The summed E-state index contributed by atoms with van der Waals surface area (Å²) < 4.78 is 13.5. The standard InChI is InChI=1S/C12H17FN2O3/c1-9(8-16)4-3-7-14-12-10(13)5-2-6-11(12)15(17)18/h2,5-6,9,14,16H,3-4,7-8H2,1H3. The van der Waals surface area contributed by atoms with Crippen LogP contribution in [0, 0.1) is 21.8 Å². The number of halogens is 1.